The third-order valence-electron chi connectivity index (χ3n) is 7.73. The highest BCUT2D eigenvalue weighted by atomic mass is 35.5. The van der Waals surface area contributed by atoms with Gasteiger partial charge < -0.3 is 15.0 Å². The van der Waals surface area contributed by atoms with Crippen LogP contribution in [0, 0.1) is 23.0 Å². The summed E-state index contributed by atoms with van der Waals surface area (Å²) in [5.74, 6) is -1.27. The van der Waals surface area contributed by atoms with E-state index in [1.807, 2.05) is 4.90 Å². The van der Waals surface area contributed by atoms with Crippen LogP contribution in [0.2, 0.25) is 10.2 Å². The van der Waals surface area contributed by atoms with Gasteiger partial charge >= 0.3 is 6.09 Å². The fourth-order valence-corrected chi connectivity index (χ4v) is 6.28. The van der Waals surface area contributed by atoms with Gasteiger partial charge in [0.15, 0.2) is 11.3 Å². The third kappa shape index (κ3) is 5.49. The standard InChI is InChI=1S/C30H27Cl2F2N9O2/c1-29(2,3)45-28(44)38-30(17-7-5-15(33)13-18(17)34)9-11-43(12-10-30)27-36-20(14-35)22-24(39-40-26(22)37-27)16-6-8-19-21(23(16)31)25(32)42(4)41-19/h5-8,13H,9-12H2,1-4H3,(H,38,44)(H,36,37,39,40). The van der Waals surface area contributed by atoms with Crippen molar-refractivity contribution < 1.29 is 18.3 Å². The summed E-state index contributed by atoms with van der Waals surface area (Å²) < 4.78 is 35.9. The van der Waals surface area contributed by atoms with Crippen molar-refractivity contribution in [3.05, 3.63) is 63.4 Å². The first-order valence-electron chi connectivity index (χ1n) is 14.0. The fraction of sp³-hybridized carbons (Fsp3) is 0.333. The number of alkyl carbamates (subject to hydrolysis) is 1. The van der Waals surface area contributed by atoms with Crippen LogP contribution in [0.25, 0.3) is 33.2 Å². The molecule has 0 saturated carbocycles. The minimum absolute atomic E-state index is 0.0699. The number of amides is 1. The monoisotopic (exact) mass is 653 g/mol. The number of nitrogens with zero attached hydrogens (tertiary/aromatic N) is 7. The largest absolute Gasteiger partial charge is 0.444 e. The Bertz CT molecular complexity index is 2020. The highest BCUT2D eigenvalue weighted by Gasteiger charge is 2.41. The summed E-state index contributed by atoms with van der Waals surface area (Å²) in [5, 5.41) is 26.2. The van der Waals surface area contributed by atoms with Crippen LogP contribution < -0.4 is 10.2 Å². The second kappa shape index (κ2) is 11.1. The van der Waals surface area contributed by atoms with E-state index in [0.29, 0.717) is 37.7 Å². The lowest BCUT2D eigenvalue weighted by atomic mass is 9.80. The first-order chi connectivity index (χ1) is 21.3. The van der Waals surface area contributed by atoms with Gasteiger partial charge in [0.1, 0.15) is 28.5 Å². The van der Waals surface area contributed by atoms with Crippen LogP contribution in [0.3, 0.4) is 0 Å². The van der Waals surface area contributed by atoms with Crippen molar-refractivity contribution in [1.82, 2.24) is 35.3 Å². The van der Waals surface area contributed by atoms with Crippen molar-refractivity contribution in [2.45, 2.75) is 44.8 Å². The Morgan fingerprint density at radius 2 is 1.87 bits per heavy atom. The van der Waals surface area contributed by atoms with Gasteiger partial charge in [0.25, 0.3) is 0 Å². The average molecular weight is 655 g/mol. The van der Waals surface area contributed by atoms with E-state index in [1.165, 1.54) is 10.7 Å². The SMILES string of the molecule is Cn1nc2ccc(-c3[nH]nc4nc(N5CCC(NC(=O)OC(C)(C)C)(c6ccc(F)cc6F)CC5)nc(C#N)c34)c(Cl)c2c1Cl. The summed E-state index contributed by atoms with van der Waals surface area (Å²) in [6.45, 7) is 5.70. The molecule has 0 unspecified atom stereocenters. The summed E-state index contributed by atoms with van der Waals surface area (Å²) in [6.07, 6.45) is -0.297. The lowest BCUT2D eigenvalue weighted by Crippen LogP contribution is -2.54. The molecule has 1 aliphatic heterocycles. The lowest BCUT2D eigenvalue weighted by Gasteiger charge is -2.43. The van der Waals surface area contributed by atoms with Gasteiger partial charge in [-0.15, -0.1) is 0 Å². The molecule has 1 saturated heterocycles. The number of hydrogen-bond donors (Lipinski definition) is 2. The van der Waals surface area contributed by atoms with Crippen LogP contribution in [0.4, 0.5) is 19.5 Å². The maximum absolute atomic E-state index is 15.1. The van der Waals surface area contributed by atoms with E-state index in [9.17, 15) is 14.4 Å². The Balaban J connectivity index is 1.33. The van der Waals surface area contributed by atoms with Crippen molar-refractivity contribution in [1.29, 1.82) is 5.26 Å². The van der Waals surface area contributed by atoms with Gasteiger partial charge in [-0.1, -0.05) is 29.3 Å². The number of hydrogen-bond acceptors (Lipinski definition) is 8. The fourth-order valence-electron chi connectivity index (χ4n) is 5.66. The summed E-state index contributed by atoms with van der Waals surface area (Å²) in [5.41, 5.74) is 0.0881. The zero-order chi connectivity index (χ0) is 32.3. The molecule has 2 N–H and O–H groups in total. The lowest BCUT2D eigenvalue weighted by molar-refractivity contribution is 0.0428. The zero-order valence-corrected chi connectivity index (χ0v) is 26.2. The van der Waals surface area contributed by atoms with Crippen molar-refractivity contribution in [3.8, 4) is 17.3 Å². The molecule has 2 aromatic carbocycles. The average Bonchev–Trinajstić information content (AvgIpc) is 3.52. The molecular weight excluding hydrogens is 627 g/mol. The number of piperidine rings is 1. The topological polar surface area (TPSA) is 138 Å². The number of anilines is 1. The molecule has 0 radical (unpaired) electrons. The number of carbonyl (C=O) groups is 1. The number of nitriles is 1. The summed E-state index contributed by atoms with van der Waals surface area (Å²) in [6, 6.07) is 8.94. The van der Waals surface area contributed by atoms with Crippen LogP contribution >= 0.6 is 23.2 Å². The van der Waals surface area contributed by atoms with Gasteiger partial charge in [0.05, 0.1) is 32.5 Å². The van der Waals surface area contributed by atoms with Crippen molar-refractivity contribution >= 4 is 57.2 Å². The normalized spacial score (nSPS) is 15.0. The number of rotatable bonds is 4. The number of H-pyrrole nitrogens is 1. The van der Waals surface area contributed by atoms with E-state index >= 15 is 4.39 Å². The Kier molecular flexibility index (Phi) is 7.53. The molecule has 0 spiro atoms. The Hall–Kier alpha value is -4.54. The molecule has 15 heteroatoms. The summed E-state index contributed by atoms with van der Waals surface area (Å²) in [7, 11) is 1.71. The van der Waals surface area contributed by atoms with Crippen LogP contribution in [-0.2, 0) is 17.3 Å². The predicted molar refractivity (Wildman–Crippen MR) is 165 cm³/mol. The number of nitrogens with one attached hydrogen (secondary N) is 2. The highest BCUT2D eigenvalue weighted by molar-refractivity contribution is 6.43. The molecule has 6 rings (SSSR count). The number of halogens is 4. The van der Waals surface area contributed by atoms with E-state index in [0.717, 1.165) is 12.1 Å². The van der Waals surface area contributed by atoms with Gasteiger partial charge in [-0.2, -0.15) is 20.4 Å². The number of fused-ring (bicyclic) bond motifs is 2. The third-order valence-corrected chi connectivity index (χ3v) is 8.56. The minimum atomic E-state index is -1.19. The second-order valence-corrected chi connectivity index (χ2v) is 12.6. The van der Waals surface area contributed by atoms with Crippen LogP contribution in [0.1, 0.15) is 44.9 Å². The Morgan fingerprint density at radius 1 is 1.13 bits per heavy atom. The number of carbonyl (C=O) groups excluding carboxylic acids is 1. The molecule has 0 bridgehead atoms. The van der Waals surface area contributed by atoms with E-state index in [2.05, 4.69) is 36.7 Å². The molecule has 3 aromatic heterocycles. The maximum Gasteiger partial charge on any atom is 0.408 e. The zero-order valence-electron chi connectivity index (χ0n) is 24.7. The molecule has 45 heavy (non-hydrogen) atoms. The Labute approximate surface area is 266 Å². The van der Waals surface area contributed by atoms with Gasteiger partial charge in [0.2, 0.25) is 5.95 Å². The van der Waals surface area contributed by atoms with Gasteiger partial charge in [-0.05, 0) is 51.8 Å². The van der Waals surface area contributed by atoms with E-state index in [-0.39, 0.29) is 48.8 Å². The maximum atomic E-state index is 15.1. The van der Waals surface area contributed by atoms with Crippen molar-refractivity contribution in [3.63, 3.8) is 0 Å². The van der Waals surface area contributed by atoms with Crippen LogP contribution in [0.15, 0.2) is 30.3 Å². The van der Waals surface area contributed by atoms with E-state index in [1.54, 1.807) is 40.0 Å². The van der Waals surface area contributed by atoms with Gasteiger partial charge in [-0.25, -0.2) is 18.6 Å². The Morgan fingerprint density at radius 3 is 2.53 bits per heavy atom. The van der Waals surface area contributed by atoms with E-state index in [4.69, 9.17) is 27.9 Å². The quantitative estimate of drug-likeness (QED) is 0.228. The molecule has 1 amide bonds. The molecule has 1 aliphatic rings. The number of benzene rings is 2. The number of aromatic amines is 1. The van der Waals surface area contributed by atoms with Crippen molar-refractivity contribution in [2.24, 2.45) is 7.05 Å². The summed E-state index contributed by atoms with van der Waals surface area (Å²) >= 11 is 13.2. The van der Waals surface area contributed by atoms with Crippen molar-refractivity contribution in [2.75, 3.05) is 18.0 Å². The molecule has 0 aliphatic carbocycles. The molecule has 11 nitrogen and oxygen atoms in total. The van der Waals surface area contributed by atoms with Gasteiger partial charge in [0, 0.05) is 37.3 Å². The van der Waals surface area contributed by atoms with Crippen LogP contribution in [0.5, 0.6) is 0 Å². The number of ether oxygens (including phenoxy) is 1. The highest BCUT2D eigenvalue weighted by Crippen LogP contribution is 2.41. The molecule has 5 aromatic rings. The second-order valence-electron chi connectivity index (χ2n) is 11.8. The smallest absolute Gasteiger partial charge is 0.408 e. The predicted octanol–water partition coefficient (Wildman–Crippen LogP) is 6.38. The van der Waals surface area contributed by atoms with Gasteiger partial charge in [-0.3, -0.25) is 9.78 Å². The number of aromatic nitrogens is 6. The summed E-state index contributed by atoms with van der Waals surface area (Å²) in [4.78, 5) is 23.9. The first-order valence-corrected chi connectivity index (χ1v) is 14.7. The number of aryl methyl sites for hydroxylation is 1. The molecule has 232 valence electrons. The molecule has 1 fully saturated rings. The first kappa shape index (κ1) is 30.5. The van der Waals surface area contributed by atoms with Crippen LogP contribution in [-0.4, -0.2) is 54.7 Å². The van der Waals surface area contributed by atoms with E-state index < -0.39 is 28.9 Å². The minimum Gasteiger partial charge on any atom is -0.444 e. The molecular formula is C30H27Cl2F2N9O2. The molecule has 4 heterocycles. The molecule has 0 atom stereocenters.